The summed E-state index contributed by atoms with van der Waals surface area (Å²) in [5.74, 6) is 0.262. The van der Waals surface area contributed by atoms with Gasteiger partial charge >= 0.3 is 0 Å². The standard InChI is InChI=1S/C12H22N2O2/c1-12(5-2-3-6-13-12)11(15)14-7-4-9-16-10-8-14/h13H,2-10H2,1H3. The van der Waals surface area contributed by atoms with Crippen molar-refractivity contribution in [1.29, 1.82) is 0 Å². The quantitative estimate of drug-likeness (QED) is 0.718. The normalized spacial score (nSPS) is 32.2. The third-order valence-corrected chi connectivity index (χ3v) is 3.60. The van der Waals surface area contributed by atoms with Crippen LogP contribution in [0.25, 0.3) is 0 Å². The van der Waals surface area contributed by atoms with Gasteiger partial charge in [-0.1, -0.05) is 0 Å². The van der Waals surface area contributed by atoms with E-state index in [0.29, 0.717) is 6.61 Å². The van der Waals surface area contributed by atoms with Crippen molar-refractivity contribution in [2.75, 3.05) is 32.8 Å². The predicted molar refractivity (Wildman–Crippen MR) is 62.3 cm³/mol. The van der Waals surface area contributed by atoms with Crippen molar-refractivity contribution < 1.29 is 9.53 Å². The molecule has 4 nitrogen and oxygen atoms in total. The number of amides is 1. The van der Waals surface area contributed by atoms with Crippen LogP contribution in [-0.4, -0.2) is 49.2 Å². The molecule has 2 saturated heterocycles. The molecule has 1 N–H and O–H groups in total. The van der Waals surface area contributed by atoms with Crippen LogP contribution in [0.3, 0.4) is 0 Å². The van der Waals surface area contributed by atoms with Gasteiger partial charge in [-0.05, 0) is 39.2 Å². The molecule has 0 aromatic carbocycles. The first kappa shape index (κ1) is 11.9. The van der Waals surface area contributed by atoms with Crippen molar-refractivity contribution in [3.63, 3.8) is 0 Å². The summed E-state index contributed by atoms with van der Waals surface area (Å²) in [5, 5.41) is 3.38. The molecule has 1 unspecified atom stereocenters. The molecule has 2 aliphatic rings. The lowest BCUT2D eigenvalue weighted by Gasteiger charge is -2.37. The number of ether oxygens (including phenoxy) is 1. The minimum atomic E-state index is -0.331. The monoisotopic (exact) mass is 226 g/mol. The van der Waals surface area contributed by atoms with Crippen LogP contribution in [0.5, 0.6) is 0 Å². The number of carbonyl (C=O) groups excluding carboxylic acids is 1. The first-order valence-electron chi connectivity index (χ1n) is 6.34. The van der Waals surface area contributed by atoms with E-state index in [2.05, 4.69) is 5.32 Å². The van der Waals surface area contributed by atoms with E-state index >= 15 is 0 Å². The largest absolute Gasteiger partial charge is 0.380 e. The molecule has 2 rings (SSSR count). The van der Waals surface area contributed by atoms with Crippen molar-refractivity contribution in [2.45, 2.75) is 38.1 Å². The number of nitrogens with one attached hydrogen (secondary N) is 1. The second kappa shape index (κ2) is 5.15. The zero-order valence-corrected chi connectivity index (χ0v) is 10.1. The Morgan fingerprint density at radius 2 is 2.12 bits per heavy atom. The molecule has 2 heterocycles. The molecule has 2 fully saturated rings. The fraction of sp³-hybridized carbons (Fsp3) is 0.917. The van der Waals surface area contributed by atoms with Gasteiger partial charge in [0.15, 0.2) is 0 Å². The smallest absolute Gasteiger partial charge is 0.242 e. The maximum Gasteiger partial charge on any atom is 0.242 e. The lowest BCUT2D eigenvalue weighted by Crippen LogP contribution is -2.58. The maximum atomic E-state index is 12.4. The average Bonchev–Trinajstić information content (AvgIpc) is 2.57. The van der Waals surface area contributed by atoms with E-state index in [9.17, 15) is 4.79 Å². The zero-order chi connectivity index (χ0) is 11.4. The molecular formula is C12H22N2O2. The molecule has 0 radical (unpaired) electrons. The highest BCUT2D eigenvalue weighted by Gasteiger charge is 2.37. The van der Waals surface area contributed by atoms with E-state index in [4.69, 9.17) is 4.74 Å². The van der Waals surface area contributed by atoms with Crippen LogP contribution in [0.2, 0.25) is 0 Å². The minimum absolute atomic E-state index is 0.262. The van der Waals surface area contributed by atoms with Gasteiger partial charge in [-0.2, -0.15) is 0 Å². The van der Waals surface area contributed by atoms with Crippen molar-refractivity contribution in [1.82, 2.24) is 10.2 Å². The van der Waals surface area contributed by atoms with Gasteiger partial charge in [-0.3, -0.25) is 4.79 Å². The molecule has 2 aliphatic heterocycles. The Balaban J connectivity index is 1.98. The molecule has 0 spiro atoms. The highest BCUT2D eigenvalue weighted by molar-refractivity contribution is 5.86. The molecule has 0 aromatic rings. The van der Waals surface area contributed by atoms with Crippen LogP contribution >= 0.6 is 0 Å². The zero-order valence-electron chi connectivity index (χ0n) is 10.1. The molecular weight excluding hydrogens is 204 g/mol. The second-order valence-electron chi connectivity index (χ2n) is 4.97. The predicted octanol–water partition coefficient (Wildman–Crippen LogP) is 0.767. The summed E-state index contributed by atoms with van der Waals surface area (Å²) in [4.78, 5) is 14.4. The number of hydrogen-bond acceptors (Lipinski definition) is 3. The van der Waals surface area contributed by atoms with Crippen molar-refractivity contribution >= 4 is 5.91 Å². The highest BCUT2D eigenvalue weighted by Crippen LogP contribution is 2.21. The number of rotatable bonds is 1. The Morgan fingerprint density at radius 1 is 1.25 bits per heavy atom. The number of carbonyl (C=O) groups is 1. The van der Waals surface area contributed by atoms with Crippen LogP contribution in [0.4, 0.5) is 0 Å². The molecule has 0 aliphatic carbocycles. The van der Waals surface area contributed by atoms with Crippen LogP contribution in [-0.2, 0) is 9.53 Å². The van der Waals surface area contributed by atoms with Crippen molar-refractivity contribution in [3.8, 4) is 0 Å². The van der Waals surface area contributed by atoms with Gasteiger partial charge in [0.1, 0.15) is 0 Å². The Labute approximate surface area is 97.3 Å². The van der Waals surface area contributed by atoms with Crippen LogP contribution in [0.1, 0.15) is 32.6 Å². The molecule has 1 amide bonds. The first-order chi connectivity index (χ1) is 7.72. The minimum Gasteiger partial charge on any atom is -0.380 e. The molecule has 92 valence electrons. The third kappa shape index (κ3) is 2.55. The third-order valence-electron chi connectivity index (χ3n) is 3.60. The lowest BCUT2D eigenvalue weighted by atomic mass is 9.89. The molecule has 16 heavy (non-hydrogen) atoms. The summed E-state index contributed by atoms with van der Waals surface area (Å²) in [5.41, 5.74) is -0.331. The first-order valence-corrected chi connectivity index (χ1v) is 6.34. The maximum absolute atomic E-state index is 12.4. The Bertz CT molecular complexity index is 241. The lowest BCUT2D eigenvalue weighted by molar-refractivity contribution is -0.138. The fourth-order valence-electron chi connectivity index (χ4n) is 2.54. The summed E-state index contributed by atoms with van der Waals surface area (Å²) in [7, 11) is 0. The van der Waals surface area contributed by atoms with E-state index in [1.54, 1.807) is 0 Å². The van der Waals surface area contributed by atoms with E-state index in [1.807, 2.05) is 11.8 Å². The van der Waals surface area contributed by atoms with E-state index < -0.39 is 0 Å². The summed E-state index contributed by atoms with van der Waals surface area (Å²) in [6.45, 7) is 6.06. The van der Waals surface area contributed by atoms with Crippen LogP contribution in [0, 0.1) is 0 Å². The van der Waals surface area contributed by atoms with Gasteiger partial charge in [0.2, 0.25) is 5.91 Å². The van der Waals surface area contributed by atoms with E-state index in [0.717, 1.165) is 45.5 Å². The number of nitrogens with zero attached hydrogens (tertiary/aromatic N) is 1. The average molecular weight is 226 g/mol. The summed E-state index contributed by atoms with van der Waals surface area (Å²) in [6, 6.07) is 0. The van der Waals surface area contributed by atoms with Gasteiger partial charge < -0.3 is 15.0 Å². The fourth-order valence-corrected chi connectivity index (χ4v) is 2.54. The number of hydrogen-bond donors (Lipinski definition) is 1. The SMILES string of the molecule is CC1(C(=O)N2CCCOCC2)CCCCN1. The number of piperidine rings is 1. The molecule has 0 bridgehead atoms. The second-order valence-corrected chi connectivity index (χ2v) is 4.97. The molecule has 0 aromatic heterocycles. The van der Waals surface area contributed by atoms with E-state index in [1.165, 1.54) is 6.42 Å². The molecule has 1 atom stereocenters. The van der Waals surface area contributed by atoms with Crippen LogP contribution < -0.4 is 5.32 Å². The van der Waals surface area contributed by atoms with Crippen LogP contribution in [0.15, 0.2) is 0 Å². The summed E-state index contributed by atoms with van der Waals surface area (Å²) >= 11 is 0. The topological polar surface area (TPSA) is 41.6 Å². The Hall–Kier alpha value is -0.610. The molecule has 4 heteroatoms. The van der Waals surface area contributed by atoms with Gasteiger partial charge in [-0.15, -0.1) is 0 Å². The van der Waals surface area contributed by atoms with Crippen molar-refractivity contribution in [2.24, 2.45) is 0 Å². The highest BCUT2D eigenvalue weighted by atomic mass is 16.5. The van der Waals surface area contributed by atoms with Crippen molar-refractivity contribution in [3.05, 3.63) is 0 Å². The molecule has 0 saturated carbocycles. The summed E-state index contributed by atoms with van der Waals surface area (Å²) < 4.78 is 5.38. The Morgan fingerprint density at radius 3 is 2.88 bits per heavy atom. The Kier molecular flexibility index (Phi) is 3.82. The van der Waals surface area contributed by atoms with Gasteiger partial charge in [0, 0.05) is 19.7 Å². The van der Waals surface area contributed by atoms with Gasteiger partial charge in [-0.25, -0.2) is 0 Å². The van der Waals surface area contributed by atoms with Gasteiger partial charge in [0.25, 0.3) is 0 Å². The van der Waals surface area contributed by atoms with Gasteiger partial charge in [0.05, 0.1) is 12.1 Å². The summed E-state index contributed by atoms with van der Waals surface area (Å²) in [6.07, 6.45) is 4.26. The van der Waals surface area contributed by atoms with E-state index in [-0.39, 0.29) is 11.4 Å².